The highest BCUT2D eigenvalue weighted by Gasteiger charge is 2.11. The van der Waals surface area contributed by atoms with Crippen LogP contribution in [0.5, 0.6) is 5.75 Å². The van der Waals surface area contributed by atoms with Crippen molar-refractivity contribution < 1.29 is 9.13 Å². The normalized spacial score (nSPS) is 12.3. The average molecular weight is 345 g/mol. The second-order valence-electron chi connectivity index (χ2n) is 4.89. The van der Waals surface area contributed by atoms with Gasteiger partial charge in [0.05, 0.1) is 11.9 Å². The fourth-order valence-corrected chi connectivity index (χ4v) is 2.94. The lowest BCUT2D eigenvalue weighted by atomic mass is 10.0. The maximum absolute atomic E-state index is 13.0. The summed E-state index contributed by atoms with van der Waals surface area (Å²) < 4.78 is 18.2. The summed E-state index contributed by atoms with van der Waals surface area (Å²) in [6.45, 7) is 0. The lowest BCUT2D eigenvalue weighted by molar-refractivity contribution is 0.415. The molecule has 0 aromatic heterocycles. The first-order chi connectivity index (χ1) is 10.2. The van der Waals surface area contributed by atoms with E-state index >= 15 is 0 Å². The van der Waals surface area contributed by atoms with Gasteiger partial charge in [-0.15, -0.1) is 0 Å². The van der Waals surface area contributed by atoms with E-state index in [0.717, 1.165) is 27.6 Å². The highest BCUT2D eigenvalue weighted by molar-refractivity contribution is 9.09. The van der Waals surface area contributed by atoms with Crippen LogP contribution in [0, 0.1) is 5.82 Å². The van der Waals surface area contributed by atoms with E-state index < -0.39 is 0 Å². The quantitative estimate of drug-likeness (QED) is 0.572. The number of ether oxygens (including phenoxy) is 1. The Morgan fingerprint density at radius 3 is 2.19 bits per heavy atom. The van der Waals surface area contributed by atoms with Crippen molar-refractivity contribution in [3.63, 3.8) is 0 Å². The second kappa shape index (κ2) is 5.86. The standard InChI is InChI=1S/C18H14BrFO/c1-21-17-9-6-13-10-15(3-2-14(13)11-17)18(19)12-4-7-16(20)8-5-12/h2-11,18H,1H3. The van der Waals surface area contributed by atoms with Crippen LogP contribution in [0.3, 0.4) is 0 Å². The minimum absolute atomic E-state index is 0.0459. The van der Waals surface area contributed by atoms with Gasteiger partial charge < -0.3 is 4.74 Å². The molecule has 0 heterocycles. The molecule has 1 atom stereocenters. The van der Waals surface area contributed by atoms with Crippen LogP contribution in [0.4, 0.5) is 4.39 Å². The SMILES string of the molecule is COc1ccc2cc(C(Br)c3ccc(F)cc3)ccc2c1. The van der Waals surface area contributed by atoms with Crippen molar-refractivity contribution in [2.45, 2.75) is 4.83 Å². The van der Waals surface area contributed by atoms with E-state index in [-0.39, 0.29) is 10.6 Å². The molecule has 1 nitrogen and oxygen atoms in total. The van der Waals surface area contributed by atoms with Gasteiger partial charge in [-0.05, 0) is 52.2 Å². The third-order valence-electron chi connectivity index (χ3n) is 3.53. The van der Waals surface area contributed by atoms with Crippen molar-refractivity contribution in [3.8, 4) is 5.75 Å². The maximum atomic E-state index is 13.0. The van der Waals surface area contributed by atoms with E-state index in [9.17, 15) is 4.39 Å². The largest absolute Gasteiger partial charge is 0.497 e. The molecule has 1 unspecified atom stereocenters. The second-order valence-corrected chi connectivity index (χ2v) is 5.80. The van der Waals surface area contributed by atoms with Crippen LogP contribution < -0.4 is 4.74 Å². The molecule has 0 aliphatic rings. The zero-order valence-electron chi connectivity index (χ0n) is 11.5. The molecule has 0 aliphatic carbocycles. The minimum Gasteiger partial charge on any atom is -0.497 e. The smallest absolute Gasteiger partial charge is 0.123 e. The zero-order chi connectivity index (χ0) is 14.8. The molecule has 3 rings (SSSR count). The number of benzene rings is 3. The molecule has 21 heavy (non-hydrogen) atoms. The Balaban J connectivity index is 1.98. The van der Waals surface area contributed by atoms with Crippen LogP contribution in [0.2, 0.25) is 0 Å². The van der Waals surface area contributed by atoms with Crippen LogP contribution in [-0.2, 0) is 0 Å². The van der Waals surface area contributed by atoms with Gasteiger partial charge in [0.25, 0.3) is 0 Å². The number of halogens is 2. The average Bonchev–Trinajstić information content (AvgIpc) is 2.54. The predicted octanol–water partition coefficient (Wildman–Crippen LogP) is 5.47. The molecule has 106 valence electrons. The summed E-state index contributed by atoms with van der Waals surface area (Å²) in [5.41, 5.74) is 2.17. The molecular formula is C18H14BrFO. The summed E-state index contributed by atoms with van der Waals surface area (Å²) >= 11 is 3.69. The fraction of sp³-hybridized carbons (Fsp3) is 0.111. The Bertz CT molecular complexity index is 768. The first-order valence-electron chi connectivity index (χ1n) is 6.64. The van der Waals surface area contributed by atoms with Gasteiger partial charge in [-0.3, -0.25) is 0 Å². The Morgan fingerprint density at radius 1 is 0.857 bits per heavy atom. The minimum atomic E-state index is -0.218. The summed E-state index contributed by atoms with van der Waals surface area (Å²) in [7, 11) is 1.67. The molecule has 0 saturated carbocycles. The molecule has 0 spiro atoms. The van der Waals surface area contributed by atoms with Crippen LogP contribution in [0.1, 0.15) is 16.0 Å². The molecule has 0 radical (unpaired) electrons. The summed E-state index contributed by atoms with van der Waals surface area (Å²) in [5.74, 6) is 0.633. The first kappa shape index (κ1) is 14.1. The van der Waals surface area contributed by atoms with Crippen LogP contribution >= 0.6 is 15.9 Å². The summed E-state index contributed by atoms with van der Waals surface area (Å²) in [5, 5.41) is 2.29. The van der Waals surface area contributed by atoms with Gasteiger partial charge in [-0.25, -0.2) is 4.39 Å². The van der Waals surface area contributed by atoms with E-state index in [0.29, 0.717) is 0 Å². The highest BCUT2D eigenvalue weighted by Crippen LogP contribution is 2.33. The van der Waals surface area contributed by atoms with Crippen molar-refractivity contribution in [2.75, 3.05) is 7.11 Å². The Labute approximate surface area is 131 Å². The molecule has 0 N–H and O–H groups in total. The molecule has 0 saturated heterocycles. The maximum Gasteiger partial charge on any atom is 0.123 e. The fourth-order valence-electron chi connectivity index (χ4n) is 2.35. The molecule has 3 aromatic carbocycles. The first-order valence-corrected chi connectivity index (χ1v) is 7.56. The van der Waals surface area contributed by atoms with E-state index in [2.05, 4.69) is 34.1 Å². The van der Waals surface area contributed by atoms with Crippen molar-refractivity contribution in [1.82, 2.24) is 0 Å². The van der Waals surface area contributed by atoms with Crippen molar-refractivity contribution in [1.29, 1.82) is 0 Å². The van der Waals surface area contributed by atoms with Gasteiger partial charge in [0.15, 0.2) is 0 Å². The van der Waals surface area contributed by atoms with Gasteiger partial charge in [-0.2, -0.15) is 0 Å². The topological polar surface area (TPSA) is 9.23 Å². The van der Waals surface area contributed by atoms with Crippen LogP contribution in [0.25, 0.3) is 10.8 Å². The van der Waals surface area contributed by atoms with Gasteiger partial charge in [0, 0.05) is 0 Å². The Morgan fingerprint density at radius 2 is 1.48 bits per heavy atom. The van der Waals surface area contributed by atoms with Gasteiger partial charge in [0.2, 0.25) is 0 Å². The molecule has 0 fully saturated rings. The number of alkyl halides is 1. The molecule has 0 amide bonds. The van der Waals surface area contributed by atoms with Crippen molar-refractivity contribution >= 4 is 26.7 Å². The van der Waals surface area contributed by atoms with Gasteiger partial charge >= 0.3 is 0 Å². The number of hydrogen-bond donors (Lipinski definition) is 0. The van der Waals surface area contributed by atoms with Gasteiger partial charge in [-0.1, -0.05) is 46.3 Å². The lowest BCUT2D eigenvalue weighted by Crippen LogP contribution is -1.93. The van der Waals surface area contributed by atoms with Gasteiger partial charge in [0.1, 0.15) is 11.6 Å². The summed E-state index contributed by atoms with van der Waals surface area (Å²) in [4.78, 5) is 0.0459. The van der Waals surface area contributed by atoms with E-state index in [1.165, 1.54) is 12.1 Å². The summed E-state index contributed by atoms with van der Waals surface area (Å²) in [6, 6.07) is 18.9. The van der Waals surface area contributed by atoms with E-state index in [1.807, 2.05) is 18.2 Å². The van der Waals surface area contributed by atoms with Crippen LogP contribution in [-0.4, -0.2) is 7.11 Å². The number of fused-ring (bicyclic) bond motifs is 1. The van der Waals surface area contributed by atoms with Crippen molar-refractivity contribution in [2.24, 2.45) is 0 Å². The molecule has 0 aliphatic heterocycles. The molecule has 3 heteroatoms. The van der Waals surface area contributed by atoms with Crippen LogP contribution in [0.15, 0.2) is 60.7 Å². The number of methoxy groups -OCH3 is 1. The van der Waals surface area contributed by atoms with E-state index in [4.69, 9.17) is 4.74 Å². The monoisotopic (exact) mass is 344 g/mol. The third kappa shape index (κ3) is 2.93. The Kier molecular flexibility index (Phi) is 3.93. The third-order valence-corrected chi connectivity index (χ3v) is 4.58. The highest BCUT2D eigenvalue weighted by atomic mass is 79.9. The van der Waals surface area contributed by atoms with E-state index in [1.54, 1.807) is 19.2 Å². The summed E-state index contributed by atoms with van der Waals surface area (Å²) in [6.07, 6.45) is 0. The lowest BCUT2D eigenvalue weighted by Gasteiger charge is -2.12. The zero-order valence-corrected chi connectivity index (χ0v) is 13.1. The Hall–Kier alpha value is -1.87. The molecular weight excluding hydrogens is 331 g/mol. The molecule has 0 bridgehead atoms. The van der Waals surface area contributed by atoms with Crippen molar-refractivity contribution in [3.05, 3.63) is 77.6 Å². The molecule has 3 aromatic rings. The number of rotatable bonds is 3. The number of hydrogen-bond acceptors (Lipinski definition) is 1. The predicted molar refractivity (Wildman–Crippen MR) is 87.7 cm³/mol.